The minimum atomic E-state index is -0.279. The molecule has 0 unspecified atom stereocenters. The smallest absolute Gasteiger partial charge is 0.275 e. The number of anilines is 2. The Kier molecular flexibility index (Phi) is 4.99. The van der Waals surface area contributed by atoms with Crippen molar-refractivity contribution in [3.05, 3.63) is 77.5 Å². The molecular formula is C19H19N5O. The molecule has 6 heteroatoms. The largest absolute Gasteiger partial charge is 0.365 e. The lowest BCUT2D eigenvalue weighted by atomic mass is 10.1. The first-order chi connectivity index (χ1) is 12.1. The van der Waals surface area contributed by atoms with Crippen molar-refractivity contribution in [2.75, 3.05) is 10.6 Å². The molecule has 0 aliphatic heterocycles. The van der Waals surface area contributed by atoms with Gasteiger partial charge in [0.2, 0.25) is 0 Å². The zero-order valence-corrected chi connectivity index (χ0v) is 14.2. The van der Waals surface area contributed by atoms with E-state index in [1.807, 2.05) is 38.1 Å². The van der Waals surface area contributed by atoms with Crippen molar-refractivity contribution in [3.8, 4) is 0 Å². The number of benzene rings is 1. The summed E-state index contributed by atoms with van der Waals surface area (Å²) in [4.78, 5) is 24.7. The van der Waals surface area contributed by atoms with Gasteiger partial charge in [0.15, 0.2) is 0 Å². The first-order valence-corrected chi connectivity index (χ1v) is 7.94. The highest BCUT2D eigenvalue weighted by molar-refractivity contribution is 6.02. The summed E-state index contributed by atoms with van der Waals surface area (Å²) in [5.74, 6) is 0.331. The third-order valence-electron chi connectivity index (χ3n) is 3.59. The van der Waals surface area contributed by atoms with Crippen molar-refractivity contribution in [1.29, 1.82) is 0 Å². The molecule has 0 bridgehead atoms. The number of amides is 1. The highest BCUT2D eigenvalue weighted by atomic mass is 16.1. The maximum atomic E-state index is 12.3. The van der Waals surface area contributed by atoms with Crippen LogP contribution >= 0.6 is 0 Å². The van der Waals surface area contributed by atoms with Crippen molar-refractivity contribution in [2.24, 2.45) is 0 Å². The third kappa shape index (κ3) is 4.60. The molecule has 0 fully saturated rings. The Hall–Kier alpha value is -3.28. The predicted molar refractivity (Wildman–Crippen MR) is 97.5 cm³/mol. The number of aryl methyl sites for hydroxylation is 2. The summed E-state index contributed by atoms with van der Waals surface area (Å²) in [6.45, 7) is 4.60. The van der Waals surface area contributed by atoms with Crippen LogP contribution in [0.2, 0.25) is 0 Å². The minimum Gasteiger partial charge on any atom is -0.365 e. The van der Waals surface area contributed by atoms with E-state index in [0.29, 0.717) is 12.4 Å². The van der Waals surface area contributed by atoms with Crippen LogP contribution in [0.4, 0.5) is 11.5 Å². The topological polar surface area (TPSA) is 79.8 Å². The van der Waals surface area contributed by atoms with E-state index in [4.69, 9.17) is 0 Å². The zero-order chi connectivity index (χ0) is 17.6. The molecule has 2 N–H and O–H groups in total. The summed E-state index contributed by atoms with van der Waals surface area (Å²) in [6, 6.07) is 9.74. The molecule has 3 aromatic rings. The summed E-state index contributed by atoms with van der Waals surface area (Å²) in [5, 5.41) is 6.01. The third-order valence-corrected chi connectivity index (χ3v) is 3.59. The number of hydrogen-bond acceptors (Lipinski definition) is 5. The van der Waals surface area contributed by atoms with Crippen molar-refractivity contribution < 1.29 is 4.79 Å². The van der Waals surface area contributed by atoms with Gasteiger partial charge < -0.3 is 10.6 Å². The molecule has 3 rings (SSSR count). The number of carbonyl (C=O) groups excluding carboxylic acids is 1. The van der Waals surface area contributed by atoms with E-state index in [2.05, 4.69) is 31.7 Å². The Balaban J connectivity index is 1.62. The van der Waals surface area contributed by atoms with Crippen LogP contribution in [0.1, 0.15) is 27.2 Å². The van der Waals surface area contributed by atoms with E-state index in [-0.39, 0.29) is 11.6 Å². The Morgan fingerprint density at radius 1 is 1.00 bits per heavy atom. The van der Waals surface area contributed by atoms with Crippen molar-refractivity contribution in [3.63, 3.8) is 0 Å². The number of carbonyl (C=O) groups is 1. The SMILES string of the molecule is Cc1cc(C)cc(NC(=O)c2cnc(NCc3ccncc3)cn2)c1. The quantitative estimate of drug-likeness (QED) is 0.748. The maximum Gasteiger partial charge on any atom is 0.275 e. The Morgan fingerprint density at radius 2 is 1.72 bits per heavy atom. The highest BCUT2D eigenvalue weighted by Crippen LogP contribution is 2.14. The fourth-order valence-electron chi connectivity index (χ4n) is 2.47. The molecule has 2 aromatic heterocycles. The van der Waals surface area contributed by atoms with Crippen LogP contribution in [0.5, 0.6) is 0 Å². The minimum absolute atomic E-state index is 0.272. The number of hydrogen-bond donors (Lipinski definition) is 2. The molecule has 126 valence electrons. The van der Waals surface area contributed by atoms with Gasteiger partial charge in [0.1, 0.15) is 11.5 Å². The molecular weight excluding hydrogens is 314 g/mol. The van der Waals surface area contributed by atoms with Crippen LogP contribution in [-0.2, 0) is 6.54 Å². The fourth-order valence-corrected chi connectivity index (χ4v) is 2.47. The molecule has 0 atom stereocenters. The normalized spacial score (nSPS) is 10.3. The molecule has 6 nitrogen and oxygen atoms in total. The standard InChI is InChI=1S/C19H19N5O/c1-13-7-14(2)9-16(8-13)24-19(25)17-11-23-18(12-21-17)22-10-15-3-5-20-6-4-15/h3-9,11-12H,10H2,1-2H3,(H,22,23)(H,24,25). The van der Waals surface area contributed by atoms with Gasteiger partial charge in [-0.05, 0) is 54.8 Å². The van der Waals surface area contributed by atoms with Crippen LogP contribution in [0, 0.1) is 13.8 Å². The number of pyridine rings is 1. The molecule has 0 aliphatic carbocycles. The van der Waals surface area contributed by atoms with Gasteiger partial charge in [-0.25, -0.2) is 9.97 Å². The average Bonchev–Trinajstić information content (AvgIpc) is 2.60. The highest BCUT2D eigenvalue weighted by Gasteiger charge is 2.09. The molecule has 2 heterocycles. The second-order valence-corrected chi connectivity index (χ2v) is 5.83. The molecule has 1 amide bonds. The van der Waals surface area contributed by atoms with Gasteiger partial charge >= 0.3 is 0 Å². The van der Waals surface area contributed by atoms with Crippen LogP contribution in [0.3, 0.4) is 0 Å². The van der Waals surface area contributed by atoms with E-state index in [0.717, 1.165) is 22.4 Å². The zero-order valence-electron chi connectivity index (χ0n) is 14.2. The van der Waals surface area contributed by atoms with Crippen molar-refractivity contribution in [2.45, 2.75) is 20.4 Å². The lowest BCUT2D eigenvalue weighted by Gasteiger charge is -2.08. The van der Waals surface area contributed by atoms with Crippen molar-refractivity contribution >= 4 is 17.4 Å². The van der Waals surface area contributed by atoms with Gasteiger partial charge in [0.05, 0.1) is 12.4 Å². The van der Waals surface area contributed by atoms with Crippen LogP contribution in [-0.4, -0.2) is 20.9 Å². The number of nitrogens with zero attached hydrogens (tertiary/aromatic N) is 3. The van der Waals surface area contributed by atoms with Crippen LogP contribution in [0.15, 0.2) is 55.1 Å². The predicted octanol–water partition coefficient (Wildman–Crippen LogP) is 3.35. The second-order valence-electron chi connectivity index (χ2n) is 5.83. The van der Waals surface area contributed by atoms with Gasteiger partial charge in [0, 0.05) is 24.6 Å². The molecule has 25 heavy (non-hydrogen) atoms. The maximum absolute atomic E-state index is 12.3. The Bertz CT molecular complexity index is 842. The van der Waals surface area contributed by atoms with E-state index in [1.54, 1.807) is 18.6 Å². The summed E-state index contributed by atoms with van der Waals surface area (Å²) < 4.78 is 0. The summed E-state index contributed by atoms with van der Waals surface area (Å²) in [7, 11) is 0. The first kappa shape index (κ1) is 16.6. The van der Waals surface area contributed by atoms with E-state index in [1.165, 1.54) is 6.20 Å². The molecule has 0 aliphatic rings. The van der Waals surface area contributed by atoms with Gasteiger partial charge in [-0.3, -0.25) is 9.78 Å². The first-order valence-electron chi connectivity index (χ1n) is 7.94. The van der Waals surface area contributed by atoms with Gasteiger partial charge in [-0.2, -0.15) is 0 Å². The summed E-state index contributed by atoms with van der Waals surface area (Å²) >= 11 is 0. The van der Waals surface area contributed by atoms with E-state index in [9.17, 15) is 4.79 Å². The lowest BCUT2D eigenvalue weighted by molar-refractivity contribution is 0.102. The van der Waals surface area contributed by atoms with Crippen LogP contribution < -0.4 is 10.6 Å². The van der Waals surface area contributed by atoms with Crippen LogP contribution in [0.25, 0.3) is 0 Å². The second kappa shape index (κ2) is 7.53. The number of nitrogens with one attached hydrogen (secondary N) is 2. The van der Waals surface area contributed by atoms with Crippen molar-refractivity contribution in [1.82, 2.24) is 15.0 Å². The Labute approximate surface area is 146 Å². The number of aromatic nitrogens is 3. The molecule has 0 spiro atoms. The summed E-state index contributed by atoms with van der Waals surface area (Å²) in [5.41, 5.74) is 4.31. The van der Waals surface area contributed by atoms with Gasteiger partial charge in [-0.15, -0.1) is 0 Å². The lowest BCUT2D eigenvalue weighted by Crippen LogP contribution is -2.14. The van der Waals surface area contributed by atoms with Gasteiger partial charge in [0.25, 0.3) is 5.91 Å². The van der Waals surface area contributed by atoms with E-state index < -0.39 is 0 Å². The molecule has 0 saturated heterocycles. The average molecular weight is 333 g/mol. The molecule has 0 saturated carbocycles. The molecule has 0 radical (unpaired) electrons. The molecule has 1 aromatic carbocycles. The number of rotatable bonds is 5. The van der Waals surface area contributed by atoms with E-state index >= 15 is 0 Å². The summed E-state index contributed by atoms with van der Waals surface area (Å²) in [6.07, 6.45) is 6.50. The monoisotopic (exact) mass is 333 g/mol. The van der Waals surface area contributed by atoms with Gasteiger partial charge in [-0.1, -0.05) is 6.07 Å². The Morgan fingerprint density at radius 3 is 2.36 bits per heavy atom. The fraction of sp³-hybridized carbons (Fsp3) is 0.158.